The summed E-state index contributed by atoms with van der Waals surface area (Å²) in [4.78, 5) is 13.3. The van der Waals surface area contributed by atoms with Gasteiger partial charge in [-0.3, -0.25) is 4.79 Å². The zero-order valence-electron chi connectivity index (χ0n) is 7.19. The molecule has 76 valence electrons. The highest BCUT2D eigenvalue weighted by Crippen LogP contribution is 2.63. The van der Waals surface area contributed by atoms with Gasteiger partial charge in [0.2, 0.25) is 0 Å². The van der Waals surface area contributed by atoms with Crippen molar-refractivity contribution < 1.29 is 13.6 Å². The summed E-state index contributed by atoms with van der Waals surface area (Å²) >= 11 is 2.80. The normalized spacial score (nSPS) is 36.6. The highest BCUT2D eigenvalue weighted by atomic mass is 79.9. The third kappa shape index (κ3) is 1.52. The SMILES string of the molecule is O=C(C#CBr)NC1CC2C(C1)C2(F)F. The smallest absolute Gasteiger partial charge is 0.296 e. The zero-order chi connectivity index (χ0) is 10.3. The average Bonchev–Trinajstić information content (AvgIpc) is 2.49. The van der Waals surface area contributed by atoms with E-state index in [-0.39, 0.29) is 6.04 Å². The van der Waals surface area contributed by atoms with E-state index in [1.165, 1.54) is 0 Å². The second-order valence-corrected chi connectivity index (χ2v) is 4.15. The fraction of sp³-hybridized carbons (Fsp3) is 0.667. The predicted molar refractivity (Wildman–Crippen MR) is 49.8 cm³/mol. The molecule has 0 spiro atoms. The molecule has 0 aromatic heterocycles. The maximum Gasteiger partial charge on any atom is 0.296 e. The quantitative estimate of drug-likeness (QED) is 0.714. The molecule has 2 rings (SSSR count). The first-order valence-electron chi connectivity index (χ1n) is 4.35. The molecule has 0 bridgehead atoms. The summed E-state index contributed by atoms with van der Waals surface area (Å²) < 4.78 is 25.5. The van der Waals surface area contributed by atoms with Gasteiger partial charge in [0.25, 0.3) is 11.8 Å². The van der Waals surface area contributed by atoms with Gasteiger partial charge in [-0.1, -0.05) is 0 Å². The molecule has 2 fully saturated rings. The van der Waals surface area contributed by atoms with Gasteiger partial charge in [-0.05, 0) is 17.7 Å². The standard InChI is InChI=1S/C9H8BrF2NO/c10-2-1-8(14)13-5-3-6-7(4-5)9(6,11)12/h5-7H,3-4H2,(H,13,14). The lowest BCUT2D eigenvalue weighted by Crippen LogP contribution is -2.34. The average molecular weight is 264 g/mol. The molecular formula is C9H8BrF2NO. The Morgan fingerprint density at radius 3 is 2.50 bits per heavy atom. The van der Waals surface area contributed by atoms with Crippen molar-refractivity contribution in [2.24, 2.45) is 11.8 Å². The molecule has 0 radical (unpaired) electrons. The molecule has 0 heterocycles. The number of carbonyl (C=O) groups is 1. The van der Waals surface area contributed by atoms with Crippen LogP contribution in [0, 0.1) is 22.6 Å². The third-order valence-electron chi connectivity index (χ3n) is 2.94. The van der Waals surface area contributed by atoms with Gasteiger partial charge >= 0.3 is 0 Å². The zero-order valence-corrected chi connectivity index (χ0v) is 8.77. The van der Waals surface area contributed by atoms with Gasteiger partial charge in [-0.25, -0.2) is 8.78 Å². The van der Waals surface area contributed by atoms with Crippen molar-refractivity contribution in [1.29, 1.82) is 0 Å². The molecule has 14 heavy (non-hydrogen) atoms. The van der Waals surface area contributed by atoms with E-state index in [9.17, 15) is 13.6 Å². The maximum absolute atomic E-state index is 12.8. The Morgan fingerprint density at radius 1 is 1.43 bits per heavy atom. The fourth-order valence-electron chi connectivity index (χ4n) is 2.19. The van der Waals surface area contributed by atoms with Gasteiger partial charge < -0.3 is 5.32 Å². The minimum atomic E-state index is -2.47. The number of amides is 1. The van der Waals surface area contributed by atoms with E-state index in [0.717, 1.165) is 0 Å². The molecule has 0 aromatic rings. The van der Waals surface area contributed by atoms with E-state index < -0.39 is 23.7 Å². The molecule has 2 atom stereocenters. The third-order valence-corrected chi connectivity index (χ3v) is 3.14. The Hall–Kier alpha value is -0.630. The molecule has 0 aliphatic heterocycles. The van der Waals surface area contributed by atoms with Crippen molar-refractivity contribution in [1.82, 2.24) is 5.32 Å². The highest BCUT2D eigenvalue weighted by molar-refractivity contribution is 9.12. The molecule has 5 heteroatoms. The first kappa shape index (κ1) is 9.91. The lowest BCUT2D eigenvalue weighted by Gasteiger charge is -2.13. The van der Waals surface area contributed by atoms with Crippen molar-refractivity contribution >= 4 is 21.8 Å². The van der Waals surface area contributed by atoms with Crippen molar-refractivity contribution in [3.8, 4) is 10.8 Å². The van der Waals surface area contributed by atoms with E-state index >= 15 is 0 Å². The number of carbonyl (C=O) groups excluding carboxylic acids is 1. The van der Waals surface area contributed by atoms with Crippen molar-refractivity contribution in [2.45, 2.75) is 24.8 Å². The van der Waals surface area contributed by atoms with Crippen LogP contribution in [-0.2, 0) is 4.79 Å². The number of hydrogen-bond acceptors (Lipinski definition) is 1. The molecule has 2 aliphatic rings. The van der Waals surface area contributed by atoms with Crippen LogP contribution in [0.1, 0.15) is 12.8 Å². The van der Waals surface area contributed by atoms with Crippen LogP contribution in [0.3, 0.4) is 0 Å². The van der Waals surface area contributed by atoms with Gasteiger partial charge in [0.15, 0.2) is 0 Å². The Bertz CT molecular complexity index is 319. The summed E-state index contributed by atoms with van der Waals surface area (Å²) in [6, 6.07) is -0.120. The highest BCUT2D eigenvalue weighted by Gasteiger charge is 2.71. The summed E-state index contributed by atoms with van der Waals surface area (Å²) in [5, 5.41) is 2.60. The Morgan fingerprint density at radius 2 is 2.00 bits per heavy atom. The van der Waals surface area contributed by atoms with Crippen LogP contribution in [0.25, 0.3) is 0 Å². The van der Waals surface area contributed by atoms with Gasteiger partial charge in [0.1, 0.15) is 0 Å². The van der Waals surface area contributed by atoms with Crippen molar-refractivity contribution in [2.75, 3.05) is 0 Å². The molecule has 1 amide bonds. The molecule has 0 saturated heterocycles. The largest absolute Gasteiger partial charge is 0.342 e. The molecule has 1 N–H and O–H groups in total. The number of rotatable bonds is 1. The molecule has 0 aromatic carbocycles. The van der Waals surface area contributed by atoms with Crippen LogP contribution in [0.2, 0.25) is 0 Å². The number of halogens is 3. The van der Waals surface area contributed by atoms with Gasteiger partial charge in [0, 0.05) is 39.7 Å². The van der Waals surface area contributed by atoms with Crippen LogP contribution in [0.5, 0.6) is 0 Å². The number of nitrogens with one attached hydrogen (secondary N) is 1. The Balaban J connectivity index is 1.82. The van der Waals surface area contributed by atoms with E-state index in [4.69, 9.17) is 0 Å². The Kier molecular flexibility index (Phi) is 2.26. The molecule has 2 saturated carbocycles. The molecular weight excluding hydrogens is 256 g/mol. The van der Waals surface area contributed by atoms with Crippen molar-refractivity contribution in [3.05, 3.63) is 0 Å². The first-order valence-corrected chi connectivity index (χ1v) is 5.15. The lowest BCUT2D eigenvalue weighted by molar-refractivity contribution is -0.116. The van der Waals surface area contributed by atoms with Crippen LogP contribution in [-0.4, -0.2) is 17.9 Å². The second-order valence-electron chi connectivity index (χ2n) is 3.75. The fourth-order valence-corrected chi connectivity index (χ4v) is 2.37. The van der Waals surface area contributed by atoms with Crippen LogP contribution in [0.4, 0.5) is 8.78 Å². The molecule has 2 aliphatic carbocycles. The summed E-state index contributed by atoms with van der Waals surface area (Å²) in [6.45, 7) is 0. The van der Waals surface area contributed by atoms with E-state index in [1.807, 2.05) is 0 Å². The number of fused-ring (bicyclic) bond motifs is 1. The summed E-state index contributed by atoms with van der Waals surface area (Å²) in [5.74, 6) is -1.64. The summed E-state index contributed by atoms with van der Waals surface area (Å²) in [7, 11) is 0. The topological polar surface area (TPSA) is 29.1 Å². The van der Waals surface area contributed by atoms with Gasteiger partial charge in [0.05, 0.1) is 0 Å². The van der Waals surface area contributed by atoms with E-state index in [1.54, 1.807) is 0 Å². The Labute approximate surface area is 88.6 Å². The van der Waals surface area contributed by atoms with Gasteiger partial charge in [-0.15, -0.1) is 0 Å². The first-order chi connectivity index (χ1) is 6.55. The lowest BCUT2D eigenvalue weighted by atomic mass is 10.1. The number of hydrogen-bond donors (Lipinski definition) is 1. The summed E-state index contributed by atoms with van der Waals surface area (Å²) in [6.07, 6.45) is 0.765. The van der Waals surface area contributed by atoms with Crippen LogP contribution < -0.4 is 5.32 Å². The maximum atomic E-state index is 12.8. The van der Waals surface area contributed by atoms with E-state index in [2.05, 4.69) is 32.0 Å². The number of alkyl halides is 2. The molecule has 2 unspecified atom stereocenters. The predicted octanol–water partition coefficient (Wildman–Crippen LogP) is 1.50. The van der Waals surface area contributed by atoms with E-state index in [0.29, 0.717) is 12.8 Å². The second kappa shape index (κ2) is 3.20. The molecule has 2 nitrogen and oxygen atoms in total. The summed E-state index contributed by atoms with van der Waals surface area (Å²) in [5.41, 5.74) is 0. The minimum Gasteiger partial charge on any atom is -0.342 e. The van der Waals surface area contributed by atoms with Crippen molar-refractivity contribution in [3.63, 3.8) is 0 Å². The van der Waals surface area contributed by atoms with Crippen LogP contribution in [0.15, 0.2) is 0 Å². The monoisotopic (exact) mass is 263 g/mol. The minimum absolute atomic E-state index is 0.120. The van der Waals surface area contributed by atoms with Gasteiger partial charge in [-0.2, -0.15) is 0 Å². The van der Waals surface area contributed by atoms with Crippen LogP contribution >= 0.6 is 15.9 Å².